The molecule has 0 radical (unpaired) electrons. The van der Waals surface area contributed by atoms with Crippen molar-refractivity contribution < 1.29 is 0 Å². The normalized spacial score (nSPS) is 11.0. The minimum absolute atomic E-state index is 1.05. The Labute approximate surface area is 118 Å². The van der Waals surface area contributed by atoms with Crippen LogP contribution >= 0.6 is 0 Å². The van der Waals surface area contributed by atoms with Gasteiger partial charge in [-0.25, -0.2) is 0 Å². The van der Waals surface area contributed by atoms with Crippen LogP contribution in [0.3, 0.4) is 0 Å². The second-order valence-electron chi connectivity index (χ2n) is 4.95. The molecule has 0 heterocycles. The predicted octanol–water partition coefficient (Wildman–Crippen LogP) is 4.73. The molecule has 4 bridgehead atoms. The van der Waals surface area contributed by atoms with E-state index in [1.54, 1.807) is 0 Å². The summed E-state index contributed by atoms with van der Waals surface area (Å²) >= 11 is 0. The third-order valence-corrected chi connectivity index (χ3v) is 3.65. The van der Waals surface area contributed by atoms with Crippen molar-refractivity contribution in [3.8, 4) is 34.1 Å². The fraction of sp³-hybridized carbons (Fsp3) is 0. The maximum absolute atomic E-state index is 3.24. The molecule has 0 heteroatoms. The third-order valence-electron chi connectivity index (χ3n) is 3.65. The van der Waals surface area contributed by atoms with E-state index in [0.29, 0.717) is 0 Å². The Morgan fingerprint density at radius 3 is 2.00 bits per heavy atom. The number of fused-ring (bicyclic) bond motifs is 2. The molecule has 3 aromatic carbocycles. The van der Waals surface area contributed by atoms with Crippen molar-refractivity contribution in [2.45, 2.75) is 0 Å². The van der Waals surface area contributed by atoms with E-state index in [9.17, 15) is 0 Å². The number of hydrogen-bond acceptors (Lipinski definition) is 0. The summed E-state index contributed by atoms with van der Waals surface area (Å²) in [5.41, 5.74) is 7.08. The second-order valence-corrected chi connectivity index (χ2v) is 4.95. The standard InChI is InChI=1S/C20H12/c1-2-7-20-18-5-3-4-16(14-18)9-8-15-10-12-17(13-11-15)19(20)6-1/h1-7,10-14H. The fourth-order valence-corrected chi connectivity index (χ4v) is 2.63. The highest BCUT2D eigenvalue weighted by Gasteiger charge is 2.08. The van der Waals surface area contributed by atoms with Crippen LogP contribution in [0.1, 0.15) is 11.1 Å². The Bertz CT molecular complexity index is 843. The lowest BCUT2D eigenvalue weighted by molar-refractivity contribution is 1.57. The lowest BCUT2D eigenvalue weighted by Gasteiger charge is -2.10. The van der Waals surface area contributed by atoms with E-state index in [0.717, 1.165) is 11.1 Å². The number of benzene rings is 3. The molecule has 20 heavy (non-hydrogen) atoms. The molecule has 0 aromatic heterocycles. The summed E-state index contributed by atoms with van der Waals surface area (Å²) in [4.78, 5) is 0. The van der Waals surface area contributed by atoms with Crippen LogP contribution in [0.4, 0.5) is 0 Å². The molecule has 92 valence electrons. The molecule has 0 saturated heterocycles. The minimum Gasteiger partial charge on any atom is -0.0617 e. The van der Waals surface area contributed by atoms with Gasteiger partial charge in [0.15, 0.2) is 0 Å². The lowest BCUT2D eigenvalue weighted by Crippen LogP contribution is -1.85. The van der Waals surface area contributed by atoms with Gasteiger partial charge in [-0.2, -0.15) is 0 Å². The zero-order valence-corrected chi connectivity index (χ0v) is 10.9. The Morgan fingerprint density at radius 1 is 0.500 bits per heavy atom. The van der Waals surface area contributed by atoms with Crippen LogP contribution in [-0.2, 0) is 0 Å². The molecule has 0 fully saturated rings. The van der Waals surface area contributed by atoms with Gasteiger partial charge < -0.3 is 0 Å². The average Bonchev–Trinajstić information content (AvgIpc) is 2.56. The van der Waals surface area contributed by atoms with Gasteiger partial charge in [-0.3, -0.25) is 0 Å². The van der Waals surface area contributed by atoms with Gasteiger partial charge >= 0.3 is 0 Å². The number of hydrogen-bond donors (Lipinski definition) is 0. The molecule has 0 unspecified atom stereocenters. The van der Waals surface area contributed by atoms with E-state index >= 15 is 0 Å². The van der Waals surface area contributed by atoms with Crippen LogP contribution in [-0.4, -0.2) is 0 Å². The highest BCUT2D eigenvalue weighted by Crippen LogP contribution is 2.32. The summed E-state index contributed by atoms with van der Waals surface area (Å²) in [7, 11) is 0. The Morgan fingerprint density at radius 2 is 1.20 bits per heavy atom. The van der Waals surface area contributed by atoms with Crippen LogP contribution in [0.2, 0.25) is 0 Å². The van der Waals surface area contributed by atoms with Crippen LogP contribution < -0.4 is 0 Å². The topological polar surface area (TPSA) is 0 Å². The quantitative estimate of drug-likeness (QED) is 0.397. The van der Waals surface area contributed by atoms with Crippen molar-refractivity contribution in [1.82, 2.24) is 0 Å². The summed E-state index contributed by atoms with van der Waals surface area (Å²) in [5, 5.41) is 0. The molecule has 0 spiro atoms. The Hall–Kier alpha value is -2.78. The molecule has 5 rings (SSSR count). The van der Waals surface area contributed by atoms with Gasteiger partial charge in [0.1, 0.15) is 0 Å². The van der Waals surface area contributed by atoms with Crippen LogP contribution in [0.5, 0.6) is 0 Å². The molecular formula is C20H12. The summed E-state index contributed by atoms with van der Waals surface area (Å²) in [6, 6.07) is 25.5. The molecule has 2 aliphatic carbocycles. The van der Waals surface area contributed by atoms with Gasteiger partial charge in [-0.1, -0.05) is 60.4 Å². The first-order valence-corrected chi connectivity index (χ1v) is 6.72. The van der Waals surface area contributed by atoms with Crippen molar-refractivity contribution in [3.63, 3.8) is 0 Å². The summed E-state index contributed by atoms with van der Waals surface area (Å²) < 4.78 is 0. The molecule has 0 atom stereocenters. The van der Waals surface area contributed by atoms with Gasteiger partial charge in [-0.15, -0.1) is 0 Å². The third kappa shape index (κ3) is 1.81. The van der Waals surface area contributed by atoms with Gasteiger partial charge in [0, 0.05) is 11.1 Å². The highest BCUT2D eigenvalue weighted by molar-refractivity contribution is 5.84. The first-order chi connectivity index (χ1) is 9.90. The highest BCUT2D eigenvalue weighted by atomic mass is 14.1. The summed E-state index contributed by atoms with van der Waals surface area (Å²) in [6.07, 6.45) is 0. The van der Waals surface area contributed by atoms with Gasteiger partial charge in [0.25, 0.3) is 0 Å². The van der Waals surface area contributed by atoms with Crippen LogP contribution in [0.25, 0.3) is 22.3 Å². The van der Waals surface area contributed by atoms with E-state index in [2.05, 4.69) is 84.6 Å². The number of rotatable bonds is 0. The van der Waals surface area contributed by atoms with E-state index in [1.807, 2.05) is 0 Å². The van der Waals surface area contributed by atoms with Crippen molar-refractivity contribution >= 4 is 0 Å². The average molecular weight is 252 g/mol. The van der Waals surface area contributed by atoms with Gasteiger partial charge in [-0.05, 0) is 46.5 Å². The maximum atomic E-state index is 3.24. The van der Waals surface area contributed by atoms with Crippen molar-refractivity contribution in [2.24, 2.45) is 0 Å². The molecule has 2 aliphatic rings. The minimum atomic E-state index is 1.05. The van der Waals surface area contributed by atoms with Crippen molar-refractivity contribution in [1.29, 1.82) is 0 Å². The maximum Gasteiger partial charge on any atom is 0.0255 e. The lowest BCUT2D eigenvalue weighted by atomic mass is 9.94. The monoisotopic (exact) mass is 252 g/mol. The molecule has 0 amide bonds. The zero-order valence-electron chi connectivity index (χ0n) is 10.9. The van der Waals surface area contributed by atoms with Crippen LogP contribution in [0.15, 0.2) is 72.8 Å². The largest absolute Gasteiger partial charge is 0.0617 e. The molecule has 3 aromatic rings. The Kier molecular flexibility index (Phi) is 2.44. The van der Waals surface area contributed by atoms with E-state index < -0.39 is 0 Å². The molecule has 0 nitrogen and oxygen atoms in total. The SMILES string of the molecule is C1#Cc2cccc(c2)-c2ccccc2-c2ccc1cc2. The van der Waals surface area contributed by atoms with E-state index in [1.165, 1.54) is 22.3 Å². The molecule has 0 saturated carbocycles. The van der Waals surface area contributed by atoms with Crippen molar-refractivity contribution in [2.75, 3.05) is 0 Å². The zero-order chi connectivity index (χ0) is 13.4. The van der Waals surface area contributed by atoms with E-state index in [-0.39, 0.29) is 0 Å². The smallest absolute Gasteiger partial charge is 0.0255 e. The first-order valence-electron chi connectivity index (χ1n) is 6.72. The van der Waals surface area contributed by atoms with Crippen molar-refractivity contribution in [3.05, 3.63) is 83.9 Å². The second kappa shape index (κ2) is 4.40. The first kappa shape index (κ1) is 11.1. The Balaban J connectivity index is 2.12. The van der Waals surface area contributed by atoms with Crippen LogP contribution in [0, 0.1) is 11.8 Å². The summed E-state index contributed by atoms with van der Waals surface area (Å²) in [5.74, 6) is 6.46. The van der Waals surface area contributed by atoms with Gasteiger partial charge in [0.05, 0.1) is 0 Å². The van der Waals surface area contributed by atoms with E-state index in [4.69, 9.17) is 0 Å². The van der Waals surface area contributed by atoms with Gasteiger partial charge in [0.2, 0.25) is 0 Å². The predicted molar refractivity (Wildman–Crippen MR) is 83.3 cm³/mol. The summed E-state index contributed by atoms with van der Waals surface area (Å²) in [6.45, 7) is 0. The molecular weight excluding hydrogens is 240 g/mol. The molecule has 0 N–H and O–H groups in total. The molecule has 0 aliphatic heterocycles. The fourth-order valence-electron chi connectivity index (χ4n) is 2.63.